The summed E-state index contributed by atoms with van der Waals surface area (Å²) in [5.41, 5.74) is 10.3. The van der Waals surface area contributed by atoms with Gasteiger partial charge in [-0.25, -0.2) is 0 Å². The second kappa shape index (κ2) is 5.83. The van der Waals surface area contributed by atoms with Gasteiger partial charge in [-0.05, 0) is 55.2 Å². The molecule has 2 nitrogen and oxygen atoms in total. The summed E-state index contributed by atoms with van der Waals surface area (Å²) in [6.07, 6.45) is 16.8. The van der Waals surface area contributed by atoms with E-state index in [2.05, 4.69) is 41.8 Å². The third-order valence-electron chi connectivity index (χ3n) is 3.78. The molecule has 0 bridgehead atoms. The van der Waals surface area contributed by atoms with Crippen LogP contribution < -0.4 is 11.1 Å². The van der Waals surface area contributed by atoms with Crippen LogP contribution >= 0.6 is 0 Å². The summed E-state index contributed by atoms with van der Waals surface area (Å²) in [6.45, 7) is 0. The Labute approximate surface area is 120 Å². The Morgan fingerprint density at radius 1 is 1.05 bits per heavy atom. The van der Waals surface area contributed by atoms with Crippen LogP contribution in [-0.4, -0.2) is 0 Å². The van der Waals surface area contributed by atoms with E-state index in [0.717, 1.165) is 30.6 Å². The molecular formula is C18H20N2. The van der Waals surface area contributed by atoms with Crippen molar-refractivity contribution in [3.63, 3.8) is 0 Å². The number of allylic oxidation sites excluding steroid dienone is 7. The number of nitrogen functional groups attached to an aromatic ring is 1. The standard InChI is InChI=1S/C18H20N2/c19-15-10-12-16(13-11-15)20-18-9-5-4-8-17(18)14-6-2-1-3-7-14/h2,4-7,9-13,17,20H,1,3,8,19H2. The highest BCUT2D eigenvalue weighted by Crippen LogP contribution is 2.31. The molecule has 0 spiro atoms. The van der Waals surface area contributed by atoms with Crippen molar-refractivity contribution < 1.29 is 0 Å². The molecule has 102 valence electrons. The molecule has 2 heteroatoms. The molecule has 3 N–H and O–H groups in total. The molecule has 2 aliphatic rings. The van der Waals surface area contributed by atoms with E-state index < -0.39 is 0 Å². The summed E-state index contributed by atoms with van der Waals surface area (Å²) in [5.74, 6) is 0.439. The van der Waals surface area contributed by atoms with Gasteiger partial charge in [-0.15, -0.1) is 0 Å². The molecule has 0 fully saturated rings. The van der Waals surface area contributed by atoms with Crippen molar-refractivity contribution >= 4 is 11.4 Å². The number of nitrogens with two attached hydrogens (primary N) is 1. The average molecular weight is 264 g/mol. The van der Waals surface area contributed by atoms with Gasteiger partial charge in [-0.1, -0.05) is 30.4 Å². The van der Waals surface area contributed by atoms with E-state index >= 15 is 0 Å². The van der Waals surface area contributed by atoms with Gasteiger partial charge < -0.3 is 11.1 Å². The van der Waals surface area contributed by atoms with Crippen molar-refractivity contribution in [3.8, 4) is 0 Å². The van der Waals surface area contributed by atoms with E-state index in [1.165, 1.54) is 11.3 Å². The maximum atomic E-state index is 5.73. The van der Waals surface area contributed by atoms with Gasteiger partial charge in [0, 0.05) is 23.0 Å². The first-order valence-corrected chi connectivity index (χ1v) is 7.19. The molecule has 0 radical (unpaired) electrons. The normalized spacial score (nSPS) is 21.3. The first-order valence-electron chi connectivity index (χ1n) is 7.19. The lowest BCUT2D eigenvalue weighted by Gasteiger charge is -2.25. The van der Waals surface area contributed by atoms with Gasteiger partial charge in [0.1, 0.15) is 0 Å². The minimum Gasteiger partial charge on any atom is -0.399 e. The van der Waals surface area contributed by atoms with Crippen molar-refractivity contribution in [3.05, 3.63) is 72.0 Å². The Kier molecular flexibility index (Phi) is 3.73. The molecule has 1 atom stereocenters. The largest absolute Gasteiger partial charge is 0.399 e. The molecule has 0 aliphatic heterocycles. The highest BCUT2D eigenvalue weighted by Gasteiger charge is 2.19. The fourth-order valence-electron chi connectivity index (χ4n) is 2.70. The predicted octanol–water partition coefficient (Wildman–Crippen LogP) is 4.42. The van der Waals surface area contributed by atoms with E-state index in [1.807, 2.05) is 24.3 Å². The lowest BCUT2D eigenvalue weighted by atomic mass is 9.86. The number of nitrogens with one attached hydrogen (secondary N) is 1. The maximum Gasteiger partial charge on any atom is 0.0383 e. The summed E-state index contributed by atoms with van der Waals surface area (Å²) < 4.78 is 0. The third kappa shape index (κ3) is 2.85. The minimum atomic E-state index is 0.439. The van der Waals surface area contributed by atoms with Crippen LogP contribution in [0.1, 0.15) is 19.3 Å². The zero-order chi connectivity index (χ0) is 13.8. The van der Waals surface area contributed by atoms with Crippen molar-refractivity contribution in [1.29, 1.82) is 0 Å². The van der Waals surface area contributed by atoms with Gasteiger partial charge in [-0.3, -0.25) is 0 Å². The molecule has 0 aromatic heterocycles. The monoisotopic (exact) mass is 264 g/mol. The number of hydrogen-bond acceptors (Lipinski definition) is 2. The van der Waals surface area contributed by atoms with E-state index in [-0.39, 0.29) is 0 Å². The zero-order valence-electron chi connectivity index (χ0n) is 11.5. The molecule has 1 aromatic rings. The van der Waals surface area contributed by atoms with Crippen LogP contribution in [0, 0.1) is 5.92 Å². The second-order valence-corrected chi connectivity index (χ2v) is 5.27. The van der Waals surface area contributed by atoms with Gasteiger partial charge in [-0.2, -0.15) is 0 Å². The highest BCUT2D eigenvalue weighted by molar-refractivity contribution is 5.56. The molecule has 0 saturated heterocycles. The van der Waals surface area contributed by atoms with E-state index in [9.17, 15) is 0 Å². The summed E-state index contributed by atoms with van der Waals surface area (Å²) in [6, 6.07) is 7.90. The first kappa shape index (κ1) is 12.8. The fraction of sp³-hybridized carbons (Fsp3) is 0.222. The lowest BCUT2D eigenvalue weighted by molar-refractivity contribution is 0.726. The highest BCUT2D eigenvalue weighted by atomic mass is 14.9. The lowest BCUT2D eigenvalue weighted by Crippen LogP contribution is -2.15. The summed E-state index contributed by atoms with van der Waals surface area (Å²) in [5, 5.41) is 3.54. The molecule has 2 aliphatic carbocycles. The fourth-order valence-corrected chi connectivity index (χ4v) is 2.70. The molecule has 20 heavy (non-hydrogen) atoms. The van der Waals surface area contributed by atoms with Crippen LogP contribution in [0.3, 0.4) is 0 Å². The van der Waals surface area contributed by atoms with Crippen molar-refractivity contribution in [1.82, 2.24) is 0 Å². The predicted molar refractivity (Wildman–Crippen MR) is 86.3 cm³/mol. The smallest absolute Gasteiger partial charge is 0.0383 e. The molecule has 0 heterocycles. The van der Waals surface area contributed by atoms with Gasteiger partial charge >= 0.3 is 0 Å². The van der Waals surface area contributed by atoms with Crippen LogP contribution in [0.15, 0.2) is 72.0 Å². The molecule has 3 rings (SSSR count). The average Bonchev–Trinajstić information content (AvgIpc) is 2.51. The number of rotatable bonds is 3. The van der Waals surface area contributed by atoms with Crippen LogP contribution in [0.2, 0.25) is 0 Å². The van der Waals surface area contributed by atoms with Crippen LogP contribution in [0.4, 0.5) is 11.4 Å². The Balaban J connectivity index is 1.80. The van der Waals surface area contributed by atoms with Crippen molar-refractivity contribution in [2.24, 2.45) is 5.92 Å². The quantitative estimate of drug-likeness (QED) is 0.793. The van der Waals surface area contributed by atoms with Crippen molar-refractivity contribution in [2.45, 2.75) is 19.3 Å². The Morgan fingerprint density at radius 2 is 1.90 bits per heavy atom. The summed E-state index contributed by atoms with van der Waals surface area (Å²) >= 11 is 0. The SMILES string of the molecule is Nc1ccc(NC2=CC=CCC2C2=CCCC=C2)cc1. The first-order chi connectivity index (χ1) is 9.83. The van der Waals surface area contributed by atoms with E-state index in [0.29, 0.717) is 5.92 Å². The van der Waals surface area contributed by atoms with Crippen LogP contribution in [0.25, 0.3) is 0 Å². The zero-order valence-corrected chi connectivity index (χ0v) is 11.5. The number of anilines is 2. The second-order valence-electron chi connectivity index (χ2n) is 5.27. The van der Waals surface area contributed by atoms with Gasteiger partial charge in [0.05, 0.1) is 0 Å². The minimum absolute atomic E-state index is 0.439. The third-order valence-corrected chi connectivity index (χ3v) is 3.78. The Bertz CT molecular complexity index is 588. The van der Waals surface area contributed by atoms with Crippen LogP contribution in [-0.2, 0) is 0 Å². The van der Waals surface area contributed by atoms with Gasteiger partial charge in [0.2, 0.25) is 0 Å². The van der Waals surface area contributed by atoms with Crippen LogP contribution in [0.5, 0.6) is 0 Å². The molecular weight excluding hydrogens is 244 g/mol. The topological polar surface area (TPSA) is 38.0 Å². The maximum absolute atomic E-state index is 5.73. The van der Waals surface area contributed by atoms with Gasteiger partial charge in [0.25, 0.3) is 0 Å². The summed E-state index contributed by atoms with van der Waals surface area (Å²) in [4.78, 5) is 0. The summed E-state index contributed by atoms with van der Waals surface area (Å²) in [7, 11) is 0. The Hall–Kier alpha value is -2.22. The molecule has 1 aromatic carbocycles. The van der Waals surface area contributed by atoms with Gasteiger partial charge in [0.15, 0.2) is 0 Å². The molecule has 1 unspecified atom stereocenters. The number of hydrogen-bond donors (Lipinski definition) is 2. The van der Waals surface area contributed by atoms with E-state index in [4.69, 9.17) is 5.73 Å². The van der Waals surface area contributed by atoms with E-state index in [1.54, 1.807) is 0 Å². The molecule has 0 amide bonds. The van der Waals surface area contributed by atoms with Crippen molar-refractivity contribution in [2.75, 3.05) is 11.1 Å². The molecule has 0 saturated carbocycles. The Morgan fingerprint density at radius 3 is 2.65 bits per heavy atom. The number of benzene rings is 1.